The second-order valence-electron chi connectivity index (χ2n) is 7.79. The second kappa shape index (κ2) is 6.17. The highest BCUT2D eigenvalue weighted by atomic mass is 16.5. The molecule has 0 bridgehead atoms. The van der Waals surface area contributed by atoms with Gasteiger partial charge in [-0.1, -0.05) is 0 Å². The van der Waals surface area contributed by atoms with E-state index in [2.05, 4.69) is 39.0 Å². The fraction of sp³-hybridized carbons (Fsp3) is 0.526. The van der Waals surface area contributed by atoms with E-state index in [1.54, 1.807) is 6.33 Å². The van der Waals surface area contributed by atoms with Gasteiger partial charge in [0, 0.05) is 30.8 Å². The molecule has 1 N–H and O–H groups in total. The standard InChI is InChI=1S/C19H25N5O2/c1-11-13-9-25-19(2,3)8-12(13)14-15-16(26-18(14)23-11)17(22-10-21-15)20-6-7-24(4)5/h10H,6-9H2,1-5H3,(H,20,21,22). The zero-order valence-corrected chi connectivity index (χ0v) is 16.0. The average molecular weight is 355 g/mol. The number of furan rings is 1. The zero-order chi connectivity index (χ0) is 18.5. The third kappa shape index (κ3) is 2.91. The van der Waals surface area contributed by atoms with Gasteiger partial charge in [-0.05, 0) is 40.4 Å². The highest BCUT2D eigenvalue weighted by Gasteiger charge is 2.31. The third-order valence-electron chi connectivity index (χ3n) is 4.89. The molecule has 0 saturated heterocycles. The van der Waals surface area contributed by atoms with Crippen LogP contribution in [0, 0.1) is 6.92 Å². The summed E-state index contributed by atoms with van der Waals surface area (Å²) in [6.07, 6.45) is 2.40. The smallest absolute Gasteiger partial charge is 0.229 e. The van der Waals surface area contributed by atoms with Crippen molar-refractivity contribution in [1.29, 1.82) is 0 Å². The number of likely N-dealkylation sites (N-methyl/N-ethyl adjacent to an activating group) is 1. The maximum atomic E-state index is 6.10. The first-order valence-corrected chi connectivity index (χ1v) is 8.94. The number of ether oxygens (including phenoxy) is 1. The van der Waals surface area contributed by atoms with E-state index in [9.17, 15) is 0 Å². The molecule has 0 atom stereocenters. The molecule has 1 aliphatic heterocycles. The van der Waals surface area contributed by atoms with Crippen LogP contribution >= 0.6 is 0 Å². The number of anilines is 1. The summed E-state index contributed by atoms with van der Waals surface area (Å²) < 4.78 is 12.1. The summed E-state index contributed by atoms with van der Waals surface area (Å²) in [6, 6.07) is 0. The van der Waals surface area contributed by atoms with Crippen LogP contribution in [0.15, 0.2) is 10.7 Å². The minimum atomic E-state index is -0.211. The van der Waals surface area contributed by atoms with E-state index in [0.29, 0.717) is 23.7 Å². The number of pyridine rings is 1. The minimum Gasteiger partial charge on any atom is -0.432 e. The third-order valence-corrected chi connectivity index (χ3v) is 4.89. The van der Waals surface area contributed by atoms with E-state index in [1.807, 2.05) is 21.0 Å². The molecule has 7 nitrogen and oxygen atoms in total. The predicted molar refractivity (Wildman–Crippen MR) is 101 cm³/mol. The van der Waals surface area contributed by atoms with Crippen molar-refractivity contribution in [2.45, 2.75) is 39.4 Å². The van der Waals surface area contributed by atoms with Crippen molar-refractivity contribution in [2.24, 2.45) is 0 Å². The van der Waals surface area contributed by atoms with Crippen LogP contribution in [-0.2, 0) is 17.8 Å². The highest BCUT2D eigenvalue weighted by molar-refractivity contribution is 6.06. The summed E-state index contributed by atoms with van der Waals surface area (Å²) in [5.41, 5.74) is 5.26. The lowest BCUT2D eigenvalue weighted by molar-refractivity contribution is -0.0400. The Morgan fingerprint density at radius 3 is 2.81 bits per heavy atom. The summed E-state index contributed by atoms with van der Waals surface area (Å²) in [4.78, 5) is 15.7. The van der Waals surface area contributed by atoms with Crippen LogP contribution in [0.3, 0.4) is 0 Å². The van der Waals surface area contributed by atoms with Crippen LogP contribution in [0.4, 0.5) is 5.82 Å². The topological polar surface area (TPSA) is 76.3 Å². The number of hydrogen-bond acceptors (Lipinski definition) is 7. The highest BCUT2D eigenvalue weighted by Crippen LogP contribution is 2.39. The van der Waals surface area contributed by atoms with Crippen molar-refractivity contribution in [3.05, 3.63) is 23.1 Å². The molecule has 7 heteroatoms. The number of aromatic nitrogens is 3. The second-order valence-corrected chi connectivity index (χ2v) is 7.79. The van der Waals surface area contributed by atoms with Gasteiger partial charge in [0.2, 0.25) is 5.71 Å². The van der Waals surface area contributed by atoms with Crippen molar-refractivity contribution in [3.8, 4) is 0 Å². The SMILES string of the molecule is Cc1nc2oc3c(NCCN(C)C)ncnc3c2c2c1COC(C)(C)C2. The van der Waals surface area contributed by atoms with Gasteiger partial charge in [0.05, 0.1) is 17.6 Å². The van der Waals surface area contributed by atoms with Gasteiger partial charge < -0.3 is 19.4 Å². The molecule has 0 radical (unpaired) electrons. The fourth-order valence-corrected chi connectivity index (χ4v) is 3.49. The first-order valence-electron chi connectivity index (χ1n) is 8.94. The molecule has 0 fully saturated rings. The van der Waals surface area contributed by atoms with Crippen molar-refractivity contribution in [2.75, 3.05) is 32.5 Å². The van der Waals surface area contributed by atoms with Crippen LogP contribution in [0.2, 0.25) is 0 Å². The lowest BCUT2D eigenvalue weighted by Crippen LogP contribution is -2.32. The van der Waals surface area contributed by atoms with Crippen molar-refractivity contribution in [1.82, 2.24) is 19.9 Å². The molecule has 3 aromatic rings. The molecule has 0 aliphatic carbocycles. The normalized spacial score (nSPS) is 16.4. The maximum absolute atomic E-state index is 6.10. The van der Waals surface area contributed by atoms with E-state index in [1.165, 1.54) is 5.56 Å². The van der Waals surface area contributed by atoms with Gasteiger partial charge >= 0.3 is 0 Å². The summed E-state index contributed by atoms with van der Waals surface area (Å²) in [5, 5.41) is 4.35. The van der Waals surface area contributed by atoms with E-state index in [0.717, 1.165) is 41.7 Å². The molecule has 0 aromatic carbocycles. The molecule has 26 heavy (non-hydrogen) atoms. The van der Waals surface area contributed by atoms with Crippen LogP contribution in [0.1, 0.15) is 30.7 Å². The Morgan fingerprint density at radius 2 is 2.04 bits per heavy atom. The van der Waals surface area contributed by atoms with Gasteiger partial charge in [-0.2, -0.15) is 0 Å². The van der Waals surface area contributed by atoms with E-state index in [4.69, 9.17) is 9.15 Å². The summed E-state index contributed by atoms with van der Waals surface area (Å²) in [5.74, 6) is 0.715. The number of nitrogens with zero attached hydrogens (tertiary/aromatic N) is 4. The van der Waals surface area contributed by atoms with Crippen LogP contribution in [0.5, 0.6) is 0 Å². The first-order chi connectivity index (χ1) is 12.4. The van der Waals surface area contributed by atoms with Gasteiger partial charge in [-0.25, -0.2) is 15.0 Å². The number of hydrogen-bond donors (Lipinski definition) is 1. The Labute approximate surface area is 152 Å². The lowest BCUT2D eigenvalue weighted by Gasteiger charge is -2.32. The summed E-state index contributed by atoms with van der Waals surface area (Å²) in [6.45, 7) is 8.50. The Balaban J connectivity index is 1.87. The summed E-state index contributed by atoms with van der Waals surface area (Å²) >= 11 is 0. The molecule has 1 aliphatic rings. The molecule has 0 saturated carbocycles. The minimum absolute atomic E-state index is 0.211. The van der Waals surface area contributed by atoms with E-state index in [-0.39, 0.29) is 5.60 Å². The molecule has 0 spiro atoms. The Kier molecular flexibility index (Phi) is 4.08. The number of aryl methyl sites for hydroxylation is 1. The van der Waals surface area contributed by atoms with Crippen molar-refractivity contribution < 1.29 is 9.15 Å². The Bertz CT molecular complexity index is 977. The van der Waals surface area contributed by atoms with Crippen molar-refractivity contribution in [3.63, 3.8) is 0 Å². The number of rotatable bonds is 4. The van der Waals surface area contributed by atoms with Crippen LogP contribution in [0.25, 0.3) is 22.2 Å². The van der Waals surface area contributed by atoms with Crippen LogP contribution in [-0.4, -0.2) is 52.6 Å². The monoisotopic (exact) mass is 355 g/mol. The summed E-state index contributed by atoms with van der Waals surface area (Å²) in [7, 11) is 4.09. The predicted octanol–water partition coefficient (Wildman–Crippen LogP) is 2.90. The lowest BCUT2D eigenvalue weighted by atomic mass is 9.89. The molecule has 0 amide bonds. The van der Waals surface area contributed by atoms with Crippen molar-refractivity contribution >= 4 is 28.0 Å². The van der Waals surface area contributed by atoms with Gasteiger partial charge in [-0.3, -0.25) is 0 Å². The molecule has 4 heterocycles. The largest absolute Gasteiger partial charge is 0.432 e. The average Bonchev–Trinajstić information content (AvgIpc) is 2.92. The molecular formula is C19H25N5O2. The molecule has 0 unspecified atom stereocenters. The molecule has 3 aromatic heterocycles. The number of nitrogens with one attached hydrogen (secondary N) is 1. The van der Waals surface area contributed by atoms with Crippen LogP contribution < -0.4 is 5.32 Å². The Morgan fingerprint density at radius 1 is 1.23 bits per heavy atom. The molecule has 138 valence electrons. The zero-order valence-electron chi connectivity index (χ0n) is 16.0. The maximum Gasteiger partial charge on any atom is 0.229 e. The fourth-order valence-electron chi connectivity index (χ4n) is 3.49. The first kappa shape index (κ1) is 17.2. The van der Waals surface area contributed by atoms with E-state index < -0.39 is 0 Å². The van der Waals surface area contributed by atoms with Gasteiger partial charge in [0.1, 0.15) is 11.8 Å². The Hall–Kier alpha value is -2.25. The quantitative estimate of drug-likeness (QED) is 0.771. The number of fused-ring (bicyclic) bond motifs is 5. The molecule has 4 rings (SSSR count). The molecular weight excluding hydrogens is 330 g/mol. The van der Waals surface area contributed by atoms with Gasteiger partial charge in [0.15, 0.2) is 11.4 Å². The van der Waals surface area contributed by atoms with Gasteiger partial charge in [0.25, 0.3) is 0 Å². The van der Waals surface area contributed by atoms with Gasteiger partial charge in [-0.15, -0.1) is 0 Å². The van der Waals surface area contributed by atoms with E-state index >= 15 is 0 Å².